The molecule has 1 heterocycles. The second-order valence-electron chi connectivity index (χ2n) is 4.03. The highest BCUT2D eigenvalue weighted by Gasteiger charge is 2.24. The zero-order chi connectivity index (χ0) is 11.5. The van der Waals surface area contributed by atoms with E-state index in [1.165, 1.54) is 0 Å². The van der Waals surface area contributed by atoms with Crippen LogP contribution in [-0.2, 0) is 4.74 Å². The molecule has 1 fully saturated rings. The van der Waals surface area contributed by atoms with E-state index in [2.05, 4.69) is 12.2 Å². The third-order valence-corrected chi connectivity index (χ3v) is 3.13. The average Bonchev–Trinajstić information content (AvgIpc) is 2.65. The van der Waals surface area contributed by atoms with E-state index in [1.54, 1.807) is 0 Å². The Morgan fingerprint density at radius 2 is 2.25 bits per heavy atom. The van der Waals surface area contributed by atoms with E-state index in [4.69, 9.17) is 22.7 Å². The lowest BCUT2D eigenvalue weighted by Crippen LogP contribution is -2.28. The molecule has 16 heavy (non-hydrogen) atoms. The summed E-state index contributed by atoms with van der Waals surface area (Å²) in [6.45, 7) is 2.89. The first-order chi connectivity index (χ1) is 7.68. The van der Waals surface area contributed by atoms with Crippen molar-refractivity contribution in [1.82, 2.24) is 0 Å². The Morgan fingerprint density at radius 1 is 1.50 bits per heavy atom. The summed E-state index contributed by atoms with van der Waals surface area (Å²) in [5.41, 5.74) is 7.58. The number of ether oxygens (including phenoxy) is 1. The quantitative estimate of drug-likeness (QED) is 0.787. The molecular weight excluding hydrogens is 220 g/mol. The number of benzene rings is 1. The number of para-hydroxylation sites is 1. The van der Waals surface area contributed by atoms with E-state index < -0.39 is 0 Å². The summed E-state index contributed by atoms with van der Waals surface area (Å²) in [6.07, 6.45) is 1.26. The highest BCUT2D eigenvalue weighted by atomic mass is 32.1. The SMILES string of the molecule is CC1OCCC1Nc1ccccc1C(N)=S. The Hall–Kier alpha value is -1.13. The number of hydrogen-bond donors (Lipinski definition) is 2. The second kappa shape index (κ2) is 4.80. The van der Waals surface area contributed by atoms with Crippen LogP contribution in [0.3, 0.4) is 0 Å². The van der Waals surface area contributed by atoms with Crippen LogP contribution in [0.1, 0.15) is 18.9 Å². The van der Waals surface area contributed by atoms with Crippen molar-refractivity contribution in [2.45, 2.75) is 25.5 Å². The third kappa shape index (κ3) is 2.33. The Balaban J connectivity index is 2.17. The summed E-state index contributed by atoms with van der Waals surface area (Å²) in [6, 6.07) is 8.19. The molecule has 2 atom stereocenters. The first kappa shape index (κ1) is 11.4. The normalized spacial score (nSPS) is 24.3. The van der Waals surface area contributed by atoms with Crippen molar-refractivity contribution in [3.05, 3.63) is 29.8 Å². The molecule has 0 spiro atoms. The third-order valence-electron chi connectivity index (χ3n) is 2.91. The summed E-state index contributed by atoms with van der Waals surface area (Å²) in [5, 5.41) is 3.45. The molecule has 0 aliphatic carbocycles. The van der Waals surface area contributed by atoms with Gasteiger partial charge < -0.3 is 15.8 Å². The molecule has 0 aromatic heterocycles. The first-order valence-electron chi connectivity index (χ1n) is 5.45. The van der Waals surface area contributed by atoms with Crippen molar-refractivity contribution >= 4 is 22.9 Å². The van der Waals surface area contributed by atoms with Crippen molar-refractivity contribution in [1.29, 1.82) is 0 Å². The molecule has 2 rings (SSSR count). The van der Waals surface area contributed by atoms with E-state index in [1.807, 2.05) is 24.3 Å². The summed E-state index contributed by atoms with van der Waals surface area (Å²) in [5.74, 6) is 0. The van der Waals surface area contributed by atoms with Crippen LogP contribution in [0.15, 0.2) is 24.3 Å². The largest absolute Gasteiger partial charge is 0.389 e. The van der Waals surface area contributed by atoms with Crippen LogP contribution in [0.4, 0.5) is 5.69 Å². The van der Waals surface area contributed by atoms with Crippen molar-refractivity contribution in [3.63, 3.8) is 0 Å². The lowest BCUT2D eigenvalue weighted by Gasteiger charge is -2.19. The number of hydrogen-bond acceptors (Lipinski definition) is 3. The Bertz CT molecular complexity index is 394. The topological polar surface area (TPSA) is 47.3 Å². The van der Waals surface area contributed by atoms with Gasteiger partial charge in [-0.1, -0.05) is 24.4 Å². The van der Waals surface area contributed by atoms with E-state index >= 15 is 0 Å². The molecule has 1 aromatic rings. The lowest BCUT2D eigenvalue weighted by atomic mass is 10.1. The molecule has 0 radical (unpaired) electrons. The van der Waals surface area contributed by atoms with Gasteiger partial charge in [-0.05, 0) is 25.5 Å². The van der Waals surface area contributed by atoms with Crippen LogP contribution >= 0.6 is 12.2 Å². The van der Waals surface area contributed by atoms with Crippen LogP contribution in [0.2, 0.25) is 0 Å². The Labute approximate surface area is 101 Å². The Kier molecular flexibility index (Phi) is 3.41. The summed E-state index contributed by atoms with van der Waals surface area (Å²) >= 11 is 5.03. The predicted octanol–water partition coefficient (Wildman–Crippen LogP) is 1.91. The predicted molar refractivity (Wildman–Crippen MR) is 69.8 cm³/mol. The first-order valence-corrected chi connectivity index (χ1v) is 5.86. The molecule has 1 aliphatic rings. The van der Waals surface area contributed by atoms with E-state index in [0.717, 1.165) is 24.3 Å². The van der Waals surface area contributed by atoms with Gasteiger partial charge in [0, 0.05) is 17.9 Å². The maximum Gasteiger partial charge on any atom is 0.106 e. The monoisotopic (exact) mass is 236 g/mol. The molecule has 2 unspecified atom stereocenters. The summed E-state index contributed by atoms with van der Waals surface area (Å²) in [4.78, 5) is 0.426. The molecule has 1 aromatic carbocycles. The number of thiocarbonyl (C=S) groups is 1. The van der Waals surface area contributed by atoms with Crippen molar-refractivity contribution < 1.29 is 4.74 Å². The van der Waals surface area contributed by atoms with Gasteiger partial charge in [-0.3, -0.25) is 0 Å². The molecule has 86 valence electrons. The molecule has 4 heteroatoms. The van der Waals surface area contributed by atoms with Crippen LogP contribution in [0.5, 0.6) is 0 Å². The number of nitrogens with one attached hydrogen (secondary N) is 1. The molecular formula is C12H16N2OS. The van der Waals surface area contributed by atoms with E-state index in [-0.39, 0.29) is 6.10 Å². The van der Waals surface area contributed by atoms with Crippen molar-refractivity contribution in [3.8, 4) is 0 Å². The summed E-state index contributed by atoms with van der Waals surface area (Å²) in [7, 11) is 0. The van der Waals surface area contributed by atoms with Gasteiger partial charge in [0.05, 0.1) is 12.1 Å². The van der Waals surface area contributed by atoms with Crippen molar-refractivity contribution in [2.24, 2.45) is 5.73 Å². The second-order valence-corrected chi connectivity index (χ2v) is 4.47. The zero-order valence-corrected chi connectivity index (χ0v) is 10.1. The molecule has 1 aliphatic heterocycles. The van der Waals surface area contributed by atoms with Gasteiger partial charge in [0.2, 0.25) is 0 Å². The Morgan fingerprint density at radius 3 is 2.88 bits per heavy atom. The van der Waals surface area contributed by atoms with Gasteiger partial charge >= 0.3 is 0 Å². The fourth-order valence-corrected chi connectivity index (χ4v) is 2.12. The van der Waals surface area contributed by atoms with Crippen LogP contribution < -0.4 is 11.1 Å². The van der Waals surface area contributed by atoms with Gasteiger partial charge in [-0.15, -0.1) is 0 Å². The maximum atomic E-state index is 5.68. The number of anilines is 1. The fourth-order valence-electron chi connectivity index (χ4n) is 1.94. The average molecular weight is 236 g/mol. The van der Waals surface area contributed by atoms with Gasteiger partial charge in [-0.2, -0.15) is 0 Å². The molecule has 1 saturated heterocycles. The molecule has 0 amide bonds. The van der Waals surface area contributed by atoms with E-state index in [0.29, 0.717) is 11.0 Å². The van der Waals surface area contributed by atoms with Crippen molar-refractivity contribution in [2.75, 3.05) is 11.9 Å². The highest BCUT2D eigenvalue weighted by molar-refractivity contribution is 7.80. The minimum Gasteiger partial charge on any atom is -0.389 e. The molecule has 3 nitrogen and oxygen atoms in total. The minimum atomic E-state index is 0.236. The van der Waals surface area contributed by atoms with Gasteiger partial charge in [0.1, 0.15) is 4.99 Å². The smallest absolute Gasteiger partial charge is 0.106 e. The van der Waals surface area contributed by atoms with Gasteiger partial charge in [-0.25, -0.2) is 0 Å². The zero-order valence-electron chi connectivity index (χ0n) is 9.27. The van der Waals surface area contributed by atoms with Gasteiger partial charge in [0.25, 0.3) is 0 Å². The maximum absolute atomic E-state index is 5.68. The molecule has 0 saturated carbocycles. The number of rotatable bonds is 3. The lowest BCUT2D eigenvalue weighted by molar-refractivity contribution is 0.121. The van der Waals surface area contributed by atoms with E-state index in [9.17, 15) is 0 Å². The van der Waals surface area contributed by atoms with Gasteiger partial charge in [0.15, 0.2) is 0 Å². The van der Waals surface area contributed by atoms with Crippen LogP contribution in [0, 0.1) is 0 Å². The highest BCUT2D eigenvalue weighted by Crippen LogP contribution is 2.21. The van der Waals surface area contributed by atoms with Crippen LogP contribution in [0.25, 0.3) is 0 Å². The van der Waals surface area contributed by atoms with Crippen LogP contribution in [-0.4, -0.2) is 23.7 Å². The minimum absolute atomic E-state index is 0.236. The fraction of sp³-hybridized carbons (Fsp3) is 0.417. The molecule has 3 N–H and O–H groups in total. The number of nitrogens with two attached hydrogens (primary N) is 1. The molecule has 0 bridgehead atoms. The summed E-state index contributed by atoms with van der Waals surface area (Å²) < 4.78 is 5.51. The standard InChI is InChI=1S/C12H16N2OS/c1-8-10(6-7-15-8)14-11-5-3-2-4-9(11)12(13)16/h2-5,8,10,14H,6-7H2,1H3,(H2,13,16).